The number of ether oxygens (including phenoxy) is 2. The fraction of sp³-hybridized carbons (Fsp3) is 0.367. The van der Waals surface area contributed by atoms with Gasteiger partial charge >= 0.3 is 6.09 Å². The third-order valence-electron chi connectivity index (χ3n) is 6.38. The maximum Gasteiger partial charge on any atom is 0.410 e. The summed E-state index contributed by atoms with van der Waals surface area (Å²) in [6.07, 6.45) is 1.20. The number of halogens is 1. The van der Waals surface area contributed by atoms with Crippen LogP contribution >= 0.6 is 0 Å². The van der Waals surface area contributed by atoms with Crippen LogP contribution in [0.2, 0.25) is 0 Å². The number of hydrogen-bond donors (Lipinski definition) is 0. The summed E-state index contributed by atoms with van der Waals surface area (Å²) >= 11 is 0. The molecule has 0 aliphatic carbocycles. The Hall–Kier alpha value is -3.98. The number of nitrogens with zero attached hydrogens (tertiary/aromatic N) is 4. The highest BCUT2D eigenvalue weighted by molar-refractivity contribution is 6.04. The maximum absolute atomic E-state index is 13.1. The van der Waals surface area contributed by atoms with E-state index in [1.165, 1.54) is 30.5 Å². The van der Waals surface area contributed by atoms with Gasteiger partial charge in [-0.3, -0.25) is 9.69 Å². The normalized spacial score (nSPS) is 16.1. The first kappa shape index (κ1) is 28.0. The van der Waals surface area contributed by atoms with Gasteiger partial charge in [-0.25, -0.2) is 14.2 Å². The topological polar surface area (TPSA) is 75.2 Å². The van der Waals surface area contributed by atoms with E-state index in [0.717, 1.165) is 30.9 Å². The quantitative estimate of drug-likeness (QED) is 0.402. The van der Waals surface area contributed by atoms with Gasteiger partial charge < -0.3 is 19.3 Å². The highest BCUT2D eigenvalue weighted by atomic mass is 19.1. The molecular weight excluding hydrogens is 499 g/mol. The van der Waals surface area contributed by atoms with Crippen molar-refractivity contribution in [3.63, 3.8) is 0 Å². The summed E-state index contributed by atoms with van der Waals surface area (Å²) in [6.45, 7) is 10.5. The molecule has 206 valence electrons. The third-order valence-corrected chi connectivity index (χ3v) is 6.38. The average Bonchev–Trinajstić information content (AvgIpc) is 2.89. The molecule has 0 radical (unpaired) electrons. The molecule has 2 heterocycles. The molecule has 1 atom stereocenters. The second kappa shape index (κ2) is 11.8. The Kier molecular flexibility index (Phi) is 8.50. The highest BCUT2D eigenvalue weighted by Crippen LogP contribution is 2.23. The Bertz CT molecular complexity index is 1270. The zero-order chi connectivity index (χ0) is 28.2. The van der Waals surface area contributed by atoms with Crippen LogP contribution in [-0.4, -0.2) is 65.1 Å². The molecule has 2 aromatic carbocycles. The number of piperazine rings is 1. The molecule has 0 unspecified atom stereocenters. The number of hydrogen-bond acceptors (Lipinski definition) is 6. The van der Waals surface area contributed by atoms with Crippen molar-refractivity contribution >= 4 is 17.7 Å². The van der Waals surface area contributed by atoms with Gasteiger partial charge in [0.2, 0.25) is 0 Å². The lowest BCUT2D eigenvalue weighted by molar-refractivity contribution is 0.000550. The van der Waals surface area contributed by atoms with E-state index in [0.29, 0.717) is 18.0 Å². The van der Waals surface area contributed by atoms with Crippen molar-refractivity contribution in [2.24, 2.45) is 0 Å². The molecule has 39 heavy (non-hydrogen) atoms. The molecule has 0 spiro atoms. The molecule has 4 rings (SSSR count). The lowest BCUT2D eigenvalue weighted by atomic mass is 10.1. The fourth-order valence-electron chi connectivity index (χ4n) is 4.35. The number of pyridine rings is 1. The predicted molar refractivity (Wildman–Crippen MR) is 148 cm³/mol. The van der Waals surface area contributed by atoms with Gasteiger partial charge in [0.15, 0.2) is 0 Å². The Morgan fingerprint density at radius 2 is 1.67 bits per heavy atom. The molecule has 9 heteroatoms. The average molecular weight is 535 g/mol. The number of anilines is 1. The second-order valence-corrected chi connectivity index (χ2v) is 10.7. The summed E-state index contributed by atoms with van der Waals surface area (Å²) in [6, 6.07) is 16.8. The molecular formula is C30H35FN4O4. The Labute approximate surface area is 228 Å². The summed E-state index contributed by atoms with van der Waals surface area (Å²) in [5, 5.41) is 0. The molecule has 1 fully saturated rings. The first-order valence-electron chi connectivity index (χ1n) is 13.0. The number of rotatable bonds is 6. The largest absolute Gasteiger partial charge is 0.456 e. The van der Waals surface area contributed by atoms with E-state index in [9.17, 15) is 14.0 Å². The first-order chi connectivity index (χ1) is 18.5. The second-order valence-electron chi connectivity index (χ2n) is 10.7. The highest BCUT2D eigenvalue weighted by Gasteiger charge is 2.30. The molecule has 8 nitrogen and oxygen atoms in total. The van der Waals surface area contributed by atoms with E-state index in [1.807, 2.05) is 52.0 Å². The van der Waals surface area contributed by atoms with Gasteiger partial charge in [-0.05, 0) is 81.8 Å². The predicted octanol–water partition coefficient (Wildman–Crippen LogP) is 5.73. The van der Waals surface area contributed by atoms with Crippen molar-refractivity contribution in [3.8, 4) is 11.5 Å². The van der Waals surface area contributed by atoms with E-state index in [1.54, 1.807) is 29.0 Å². The van der Waals surface area contributed by atoms with Gasteiger partial charge in [0.05, 0.1) is 6.20 Å². The summed E-state index contributed by atoms with van der Waals surface area (Å²) in [5.41, 5.74) is 1.65. The molecule has 3 aromatic rings. The fourth-order valence-corrected chi connectivity index (χ4v) is 4.35. The van der Waals surface area contributed by atoms with Crippen LogP contribution in [0, 0.1) is 5.82 Å². The van der Waals surface area contributed by atoms with E-state index in [4.69, 9.17) is 9.47 Å². The molecule has 1 aliphatic heterocycles. The molecule has 0 N–H and O–H groups in total. The van der Waals surface area contributed by atoms with Crippen LogP contribution in [0.25, 0.3) is 0 Å². The summed E-state index contributed by atoms with van der Waals surface area (Å²) in [5.74, 6) is 0.341. The van der Waals surface area contributed by atoms with Gasteiger partial charge in [0.25, 0.3) is 5.91 Å². The molecule has 0 saturated carbocycles. The van der Waals surface area contributed by atoms with Crippen molar-refractivity contribution in [3.05, 3.63) is 83.9 Å². The zero-order valence-electron chi connectivity index (χ0n) is 23.1. The van der Waals surface area contributed by atoms with E-state index in [-0.39, 0.29) is 29.6 Å². The van der Waals surface area contributed by atoms with Gasteiger partial charge in [-0.15, -0.1) is 0 Å². The van der Waals surface area contributed by atoms with Crippen LogP contribution in [0.1, 0.15) is 43.7 Å². The van der Waals surface area contributed by atoms with E-state index < -0.39 is 5.60 Å². The van der Waals surface area contributed by atoms with Crippen molar-refractivity contribution < 1.29 is 23.5 Å². The van der Waals surface area contributed by atoms with Crippen molar-refractivity contribution in [1.82, 2.24) is 14.8 Å². The third kappa shape index (κ3) is 7.54. The van der Waals surface area contributed by atoms with Crippen LogP contribution in [0.5, 0.6) is 11.5 Å². The van der Waals surface area contributed by atoms with Crippen LogP contribution in [0.3, 0.4) is 0 Å². The number of benzene rings is 2. The maximum atomic E-state index is 13.1. The van der Waals surface area contributed by atoms with Crippen molar-refractivity contribution in [2.75, 3.05) is 31.6 Å². The monoisotopic (exact) mass is 534 g/mol. The Balaban J connectivity index is 1.30. The lowest BCUT2D eigenvalue weighted by Gasteiger charge is -2.40. The van der Waals surface area contributed by atoms with Gasteiger partial charge in [-0.1, -0.05) is 12.1 Å². The molecule has 2 amide bonds. The minimum Gasteiger partial charge on any atom is -0.456 e. The van der Waals surface area contributed by atoms with Gasteiger partial charge in [0, 0.05) is 45.0 Å². The Morgan fingerprint density at radius 3 is 2.26 bits per heavy atom. The lowest BCUT2D eigenvalue weighted by Crippen LogP contribution is -2.54. The Morgan fingerprint density at radius 1 is 1.00 bits per heavy atom. The molecule has 0 bridgehead atoms. The molecule has 1 aromatic heterocycles. The van der Waals surface area contributed by atoms with Crippen molar-refractivity contribution in [1.29, 1.82) is 0 Å². The van der Waals surface area contributed by atoms with E-state index in [2.05, 4.69) is 9.88 Å². The van der Waals surface area contributed by atoms with Crippen molar-refractivity contribution in [2.45, 2.75) is 45.9 Å². The minimum absolute atomic E-state index is 0.0524. The minimum atomic E-state index is -0.511. The summed E-state index contributed by atoms with van der Waals surface area (Å²) < 4.78 is 24.3. The summed E-state index contributed by atoms with van der Waals surface area (Å²) in [7, 11) is 1.71. The SMILES string of the molecule is C[C@H]1CN(Cc2ccc(N(C)C(=O)c3ccc(Oc4ccc(F)cc4)cn3)cc2)CCN1C(=O)OC(C)(C)C. The van der Waals surface area contributed by atoms with Crippen LogP contribution in [0.4, 0.5) is 14.9 Å². The van der Waals surface area contributed by atoms with Gasteiger partial charge in [-0.2, -0.15) is 0 Å². The zero-order valence-corrected chi connectivity index (χ0v) is 23.1. The van der Waals surface area contributed by atoms with Crippen LogP contribution in [-0.2, 0) is 11.3 Å². The standard InChI is InChI=1S/C30H35FN4O4/c1-21-19-34(16-17-35(21)29(37)39-30(2,3)4)20-22-6-10-24(11-7-22)33(5)28(36)27-15-14-26(18-32-27)38-25-12-8-23(31)9-13-25/h6-15,18,21H,16-17,19-20H2,1-5H3/t21-/m0/s1. The number of carbonyl (C=O) groups excluding carboxylic acids is 2. The molecule has 1 aliphatic rings. The number of aromatic nitrogens is 1. The van der Waals surface area contributed by atoms with E-state index >= 15 is 0 Å². The smallest absolute Gasteiger partial charge is 0.410 e. The molecule has 1 saturated heterocycles. The summed E-state index contributed by atoms with van der Waals surface area (Å²) in [4.78, 5) is 35.4. The van der Waals surface area contributed by atoms with Crippen LogP contribution in [0.15, 0.2) is 66.9 Å². The number of amides is 2. The number of carbonyl (C=O) groups is 2. The first-order valence-corrected chi connectivity index (χ1v) is 13.0. The van der Waals surface area contributed by atoms with Crippen LogP contribution < -0.4 is 9.64 Å². The van der Waals surface area contributed by atoms with Gasteiger partial charge in [0.1, 0.15) is 28.6 Å².